The molecular weight excluding hydrogens is 370 g/mol. The van der Waals surface area contributed by atoms with E-state index in [1.54, 1.807) is 0 Å². The summed E-state index contributed by atoms with van der Waals surface area (Å²) in [6, 6.07) is 16.3. The molecule has 2 aromatic carbocycles. The predicted molar refractivity (Wildman–Crippen MR) is 106 cm³/mol. The Bertz CT molecular complexity index is 949. The fourth-order valence-electron chi connectivity index (χ4n) is 5.54. The second-order valence-electron chi connectivity index (χ2n) is 8.68. The molecule has 2 N–H and O–H groups in total. The van der Waals surface area contributed by atoms with Crippen molar-refractivity contribution in [3.63, 3.8) is 0 Å². The molecule has 1 amide bonds. The zero-order valence-corrected chi connectivity index (χ0v) is 16.2. The van der Waals surface area contributed by atoms with Crippen molar-refractivity contribution in [2.24, 2.45) is 5.41 Å². The van der Waals surface area contributed by atoms with E-state index in [2.05, 4.69) is 29.6 Å². The molecule has 1 saturated carbocycles. The average Bonchev–Trinajstić information content (AvgIpc) is 3.28. The summed E-state index contributed by atoms with van der Waals surface area (Å²) in [6.45, 7) is 2.40. The molecule has 6 heteroatoms. The van der Waals surface area contributed by atoms with Crippen molar-refractivity contribution < 1.29 is 24.2 Å². The number of carbonyl (C=O) groups excluding carboxylic acids is 1. The van der Waals surface area contributed by atoms with Crippen molar-refractivity contribution in [1.82, 2.24) is 5.32 Å². The van der Waals surface area contributed by atoms with Gasteiger partial charge in [-0.3, -0.25) is 0 Å². The maximum Gasteiger partial charge on any atom is 0.407 e. The van der Waals surface area contributed by atoms with Crippen LogP contribution in [0.3, 0.4) is 0 Å². The lowest BCUT2D eigenvalue weighted by atomic mass is 9.60. The van der Waals surface area contributed by atoms with Gasteiger partial charge >= 0.3 is 12.1 Å². The zero-order valence-electron chi connectivity index (χ0n) is 16.2. The number of carbonyl (C=O) groups is 2. The summed E-state index contributed by atoms with van der Waals surface area (Å²) in [5.41, 5.74) is 3.75. The minimum Gasteiger partial charge on any atom is -0.479 e. The molecule has 3 fully saturated rings. The number of carboxylic acid groups (broad SMARTS) is 1. The normalized spacial score (nSPS) is 28.9. The number of fused-ring (bicyclic) bond motifs is 4. The molecule has 0 aromatic heterocycles. The molecule has 150 valence electrons. The molecule has 6 nitrogen and oxygen atoms in total. The largest absolute Gasteiger partial charge is 0.479 e. The maximum atomic E-state index is 12.4. The van der Waals surface area contributed by atoms with Crippen molar-refractivity contribution in [1.29, 1.82) is 0 Å². The summed E-state index contributed by atoms with van der Waals surface area (Å²) < 4.78 is 11.2. The zero-order chi connectivity index (χ0) is 20.2. The minimum absolute atomic E-state index is 0.000102. The Morgan fingerprint density at radius 2 is 1.69 bits per heavy atom. The number of benzene rings is 2. The van der Waals surface area contributed by atoms with Crippen LogP contribution in [0.4, 0.5) is 4.79 Å². The number of hydrogen-bond acceptors (Lipinski definition) is 4. The van der Waals surface area contributed by atoms with Crippen LogP contribution >= 0.6 is 0 Å². The lowest BCUT2D eigenvalue weighted by Gasteiger charge is -2.42. The number of amides is 1. The highest BCUT2D eigenvalue weighted by atomic mass is 16.6. The van der Waals surface area contributed by atoms with Crippen LogP contribution in [0.5, 0.6) is 0 Å². The molecule has 0 spiro atoms. The van der Waals surface area contributed by atoms with E-state index in [1.165, 1.54) is 11.1 Å². The maximum absolute atomic E-state index is 12.4. The third kappa shape index (κ3) is 2.82. The molecule has 2 bridgehead atoms. The van der Waals surface area contributed by atoms with Crippen molar-refractivity contribution in [2.45, 2.75) is 37.4 Å². The first-order chi connectivity index (χ1) is 13.9. The Hall–Kier alpha value is -2.86. The molecule has 2 aliphatic heterocycles. The van der Waals surface area contributed by atoms with E-state index in [-0.39, 0.29) is 24.7 Å². The summed E-state index contributed by atoms with van der Waals surface area (Å²) in [7, 11) is 0. The van der Waals surface area contributed by atoms with Gasteiger partial charge in [0.1, 0.15) is 6.61 Å². The third-order valence-electron chi connectivity index (χ3n) is 6.56. The minimum atomic E-state index is -0.972. The van der Waals surface area contributed by atoms with Crippen LogP contribution in [0.15, 0.2) is 48.5 Å². The van der Waals surface area contributed by atoms with Crippen molar-refractivity contribution in [2.75, 3.05) is 13.2 Å². The molecule has 2 saturated heterocycles. The molecule has 2 aliphatic carbocycles. The fraction of sp³-hybridized carbons (Fsp3) is 0.391. The van der Waals surface area contributed by atoms with E-state index in [4.69, 9.17) is 9.47 Å². The van der Waals surface area contributed by atoms with Gasteiger partial charge in [-0.2, -0.15) is 0 Å². The highest BCUT2D eigenvalue weighted by molar-refractivity contribution is 5.79. The summed E-state index contributed by atoms with van der Waals surface area (Å²) in [6.07, 6.45) is -0.117. The van der Waals surface area contributed by atoms with E-state index in [0.717, 1.165) is 11.1 Å². The van der Waals surface area contributed by atoms with Gasteiger partial charge in [0.2, 0.25) is 0 Å². The van der Waals surface area contributed by atoms with Crippen LogP contribution in [-0.4, -0.2) is 42.0 Å². The summed E-state index contributed by atoms with van der Waals surface area (Å²) in [5, 5.41) is 12.2. The van der Waals surface area contributed by atoms with E-state index in [1.807, 2.05) is 31.2 Å². The van der Waals surface area contributed by atoms with Crippen LogP contribution in [0.1, 0.15) is 36.8 Å². The monoisotopic (exact) mass is 393 g/mol. The molecule has 2 heterocycles. The fourth-order valence-corrected chi connectivity index (χ4v) is 5.54. The van der Waals surface area contributed by atoms with Gasteiger partial charge < -0.3 is 19.9 Å². The average molecular weight is 393 g/mol. The topological polar surface area (TPSA) is 84.9 Å². The number of alkyl carbamates (subject to hydrolysis) is 1. The van der Waals surface area contributed by atoms with Gasteiger partial charge in [0.25, 0.3) is 0 Å². The Morgan fingerprint density at radius 3 is 2.28 bits per heavy atom. The quantitative estimate of drug-likeness (QED) is 0.812. The van der Waals surface area contributed by atoms with Crippen LogP contribution in [-0.2, 0) is 14.3 Å². The van der Waals surface area contributed by atoms with Crippen LogP contribution in [0.2, 0.25) is 0 Å². The number of hydrogen-bond donors (Lipinski definition) is 2. The molecule has 6 rings (SSSR count). The standard InChI is InChI=1S/C23H23NO5/c1-22-11-23(12-22,19(29-22)20(25)26)13-24-21(27)28-10-18-16-8-4-2-6-14(16)15-7-3-5-9-17(15)18/h2-9,18-19H,10-13H2,1H3,(H,24,27)(H,25,26). The molecule has 1 atom stereocenters. The van der Waals surface area contributed by atoms with E-state index in [0.29, 0.717) is 12.8 Å². The third-order valence-corrected chi connectivity index (χ3v) is 6.56. The van der Waals surface area contributed by atoms with Crippen molar-refractivity contribution in [3.8, 4) is 11.1 Å². The number of nitrogens with one attached hydrogen (secondary N) is 1. The molecule has 0 radical (unpaired) electrons. The van der Waals surface area contributed by atoms with Crippen molar-refractivity contribution in [3.05, 3.63) is 59.7 Å². The smallest absolute Gasteiger partial charge is 0.407 e. The molecule has 1 unspecified atom stereocenters. The summed E-state index contributed by atoms with van der Waals surface area (Å²) in [5.74, 6) is -0.972. The lowest BCUT2D eigenvalue weighted by molar-refractivity contribution is -0.150. The Balaban J connectivity index is 1.24. The van der Waals surface area contributed by atoms with Gasteiger partial charge in [0.05, 0.1) is 5.60 Å². The number of aliphatic carboxylic acids is 1. The van der Waals surface area contributed by atoms with Gasteiger partial charge in [0.15, 0.2) is 6.10 Å². The van der Waals surface area contributed by atoms with Gasteiger partial charge in [0, 0.05) is 17.9 Å². The lowest BCUT2D eigenvalue weighted by Crippen LogP contribution is -2.52. The first-order valence-electron chi connectivity index (χ1n) is 9.90. The molecule has 29 heavy (non-hydrogen) atoms. The number of ether oxygens (including phenoxy) is 2. The highest BCUT2D eigenvalue weighted by Gasteiger charge is 2.67. The Labute approximate surface area is 168 Å². The Morgan fingerprint density at radius 1 is 1.10 bits per heavy atom. The van der Waals surface area contributed by atoms with Crippen molar-refractivity contribution >= 4 is 12.1 Å². The van der Waals surface area contributed by atoms with Gasteiger partial charge in [-0.15, -0.1) is 0 Å². The van der Waals surface area contributed by atoms with E-state index in [9.17, 15) is 14.7 Å². The van der Waals surface area contributed by atoms with Gasteiger partial charge in [-0.25, -0.2) is 9.59 Å². The first kappa shape index (κ1) is 18.2. The number of rotatable bonds is 5. The SMILES string of the molecule is CC12CC(CNC(=O)OCC3c4ccccc4-c4ccccc43)(C1)C(C(=O)O)O2. The second kappa shape index (κ2) is 6.32. The van der Waals surface area contributed by atoms with Crippen LogP contribution in [0.25, 0.3) is 11.1 Å². The van der Waals surface area contributed by atoms with Crippen LogP contribution in [0, 0.1) is 5.41 Å². The van der Waals surface area contributed by atoms with E-state index < -0.39 is 23.6 Å². The summed E-state index contributed by atoms with van der Waals surface area (Å²) >= 11 is 0. The van der Waals surface area contributed by atoms with Gasteiger partial charge in [-0.05, 0) is 42.0 Å². The molecule has 4 aliphatic rings. The predicted octanol–water partition coefficient (Wildman–Crippen LogP) is 3.55. The highest BCUT2D eigenvalue weighted by Crippen LogP contribution is 2.61. The molecular formula is C23H23NO5. The Kier molecular flexibility index (Phi) is 3.96. The van der Waals surface area contributed by atoms with Gasteiger partial charge in [-0.1, -0.05) is 48.5 Å². The number of carboxylic acids is 1. The molecule has 2 aromatic rings. The van der Waals surface area contributed by atoms with E-state index >= 15 is 0 Å². The van der Waals surface area contributed by atoms with Crippen LogP contribution < -0.4 is 5.32 Å². The second-order valence-corrected chi connectivity index (χ2v) is 8.68. The summed E-state index contributed by atoms with van der Waals surface area (Å²) in [4.78, 5) is 23.9. The first-order valence-corrected chi connectivity index (χ1v) is 9.90.